The van der Waals surface area contributed by atoms with Crippen molar-refractivity contribution in [3.05, 3.63) is 62.6 Å². The number of methoxy groups -OCH3 is 1. The molecule has 110 valence electrons. The van der Waals surface area contributed by atoms with Gasteiger partial charge in [0.15, 0.2) is 0 Å². The Morgan fingerprint density at radius 3 is 2.67 bits per heavy atom. The number of benzene rings is 2. The van der Waals surface area contributed by atoms with Crippen molar-refractivity contribution in [1.29, 1.82) is 0 Å². The summed E-state index contributed by atoms with van der Waals surface area (Å²) < 4.78 is 6.11. The van der Waals surface area contributed by atoms with E-state index in [9.17, 15) is 10.1 Å². The maximum Gasteiger partial charge on any atom is 0.271 e. The van der Waals surface area contributed by atoms with Crippen molar-refractivity contribution in [3.8, 4) is 5.75 Å². The SMILES string of the molecule is COc1ccccc1C(C)Nc1cc([N+](=O)[O-])ccc1Br. The first-order chi connectivity index (χ1) is 10.0. The summed E-state index contributed by atoms with van der Waals surface area (Å²) in [5.74, 6) is 0.777. The number of nitrogens with one attached hydrogen (secondary N) is 1. The van der Waals surface area contributed by atoms with Gasteiger partial charge in [-0.15, -0.1) is 0 Å². The zero-order valence-electron chi connectivity index (χ0n) is 11.7. The topological polar surface area (TPSA) is 64.4 Å². The summed E-state index contributed by atoms with van der Waals surface area (Å²) in [5.41, 5.74) is 1.70. The van der Waals surface area contributed by atoms with Crippen LogP contribution in [0.15, 0.2) is 46.9 Å². The lowest BCUT2D eigenvalue weighted by Gasteiger charge is -2.19. The molecule has 0 amide bonds. The molecule has 2 rings (SSSR count). The van der Waals surface area contributed by atoms with Crippen LogP contribution >= 0.6 is 15.9 Å². The summed E-state index contributed by atoms with van der Waals surface area (Å²) in [7, 11) is 1.62. The Hall–Kier alpha value is -2.08. The summed E-state index contributed by atoms with van der Waals surface area (Å²) in [6.07, 6.45) is 0. The van der Waals surface area contributed by atoms with Crippen molar-refractivity contribution < 1.29 is 9.66 Å². The molecule has 0 radical (unpaired) electrons. The minimum Gasteiger partial charge on any atom is -0.496 e. The van der Waals surface area contributed by atoms with Crippen LogP contribution in [0.4, 0.5) is 11.4 Å². The van der Waals surface area contributed by atoms with E-state index in [0.29, 0.717) is 5.69 Å². The normalized spacial score (nSPS) is 11.8. The number of anilines is 1. The number of nitro groups is 1. The molecule has 0 aliphatic rings. The molecule has 2 aromatic rings. The van der Waals surface area contributed by atoms with Crippen LogP contribution in [0, 0.1) is 10.1 Å². The molecule has 2 aromatic carbocycles. The number of hydrogen-bond acceptors (Lipinski definition) is 4. The smallest absolute Gasteiger partial charge is 0.271 e. The fourth-order valence-electron chi connectivity index (χ4n) is 2.07. The molecule has 21 heavy (non-hydrogen) atoms. The van der Waals surface area contributed by atoms with Gasteiger partial charge in [0.1, 0.15) is 5.75 Å². The molecule has 0 saturated heterocycles. The van der Waals surface area contributed by atoms with E-state index in [1.807, 2.05) is 31.2 Å². The molecule has 0 aromatic heterocycles. The second-order valence-electron chi connectivity index (χ2n) is 4.53. The number of para-hydroxylation sites is 1. The van der Waals surface area contributed by atoms with Gasteiger partial charge in [0, 0.05) is 22.2 Å². The van der Waals surface area contributed by atoms with E-state index in [1.165, 1.54) is 12.1 Å². The van der Waals surface area contributed by atoms with Gasteiger partial charge in [-0.25, -0.2) is 0 Å². The first-order valence-corrected chi connectivity index (χ1v) is 7.15. The van der Waals surface area contributed by atoms with Crippen molar-refractivity contribution in [2.24, 2.45) is 0 Å². The Bertz CT molecular complexity index is 661. The van der Waals surface area contributed by atoms with E-state index in [0.717, 1.165) is 15.8 Å². The number of ether oxygens (including phenoxy) is 1. The summed E-state index contributed by atoms with van der Waals surface area (Å²) in [6, 6.07) is 12.3. The monoisotopic (exact) mass is 350 g/mol. The van der Waals surface area contributed by atoms with Gasteiger partial charge in [-0.2, -0.15) is 0 Å². The first kappa shape index (κ1) is 15.3. The molecule has 5 nitrogen and oxygen atoms in total. The molecule has 0 heterocycles. The van der Waals surface area contributed by atoms with Gasteiger partial charge in [0.05, 0.1) is 23.8 Å². The van der Waals surface area contributed by atoms with Crippen molar-refractivity contribution >= 4 is 27.3 Å². The highest BCUT2D eigenvalue weighted by atomic mass is 79.9. The third kappa shape index (κ3) is 3.52. The third-order valence-corrected chi connectivity index (χ3v) is 3.83. The van der Waals surface area contributed by atoms with E-state index in [4.69, 9.17) is 4.74 Å². The maximum absolute atomic E-state index is 10.9. The summed E-state index contributed by atoms with van der Waals surface area (Å²) in [5, 5.41) is 14.1. The average Bonchev–Trinajstić information content (AvgIpc) is 2.49. The molecule has 1 atom stereocenters. The van der Waals surface area contributed by atoms with Crippen LogP contribution in [0.2, 0.25) is 0 Å². The Labute approximate surface area is 131 Å². The molecular formula is C15H15BrN2O3. The Balaban J connectivity index is 2.29. The van der Waals surface area contributed by atoms with Gasteiger partial charge in [-0.1, -0.05) is 18.2 Å². The van der Waals surface area contributed by atoms with Crippen LogP contribution in [0.5, 0.6) is 5.75 Å². The number of nitrogens with zero attached hydrogens (tertiary/aromatic N) is 1. The fraction of sp³-hybridized carbons (Fsp3) is 0.200. The van der Waals surface area contributed by atoms with Crippen molar-refractivity contribution in [2.45, 2.75) is 13.0 Å². The Morgan fingerprint density at radius 2 is 2.00 bits per heavy atom. The van der Waals surface area contributed by atoms with E-state index in [2.05, 4.69) is 21.2 Å². The molecule has 0 aliphatic heterocycles. The predicted octanol–water partition coefficient (Wildman–Crippen LogP) is 4.54. The van der Waals surface area contributed by atoms with Gasteiger partial charge in [0.25, 0.3) is 5.69 Å². The van der Waals surface area contributed by atoms with Crippen LogP contribution in [-0.4, -0.2) is 12.0 Å². The van der Waals surface area contributed by atoms with E-state index in [1.54, 1.807) is 13.2 Å². The molecule has 6 heteroatoms. The molecule has 0 aliphatic carbocycles. The van der Waals surface area contributed by atoms with Crippen molar-refractivity contribution in [2.75, 3.05) is 12.4 Å². The molecule has 0 spiro atoms. The molecule has 0 saturated carbocycles. The highest BCUT2D eigenvalue weighted by molar-refractivity contribution is 9.10. The van der Waals surface area contributed by atoms with E-state index >= 15 is 0 Å². The van der Waals surface area contributed by atoms with Gasteiger partial charge in [-0.05, 0) is 35.0 Å². The fourth-order valence-corrected chi connectivity index (χ4v) is 2.43. The molecule has 1 unspecified atom stereocenters. The lowest BCUT2D eigenvalue weighted by molar-refractivity contribution is -0.384. The summed E-state index contributed by atoms with van der Waals surface area (Å²) >= 11 is 3.40. The van der Waals surface area contributed by atoms with E-state index in [-0.39, 0.29) is 11.7 Å². The zero-order valence-corrected chi connectivity index (χ0v) is 13.3. The minimum absolute atomic E-state index is 0.0490. The minimum atomic E-state index is -0.411. The van der Waals surface area contributed by atoms with Gasteiger partial charge < -0.3 is 10.1 Å². The average molecular weight is 351 g/mol. The first-order valence-electron chi connectivity index (χ1n) is 6.36. The largest absolute Gasteiger partial charge is 0.496 e. The van der Waals surface area contributed by atoms with Gasteiger partial charge in [-0.3, -0.25) is 10.1 Å². The van der Waals surface area contributed by atoms with Crippen LogP contribution in [0.1, 0.15) is 18.5 Å². The molecule has 0 bridgehead atoms. The van der Waals surface area contributed by atoms with Crippen LogP contribution in [-0.2, 0) is 0 Å². The zero-order chi connectivity index (χ0) is 15.4. The van der Waals surface area contributed by atoms with Crippen LogP contribution in [0.25, 0.3) is 0 Å². The number of halogens is 1. The standard InChI is InChI=1S/C15H15BrN2O3/c1-10(12-5-3-4-6-15(12)21-2)17-14-9-11(18(19)20)7-8-13(14)16/h3-10,17H,1-2H3. The molecule has 1 N–H and O–H groups in total. The summed E-state index contributed by atoms with van der Waals surface area (Å²) in [6.45, 7) is 1.98. The van der Waals surface area contributed by atoms with Crippen LogP contribution in [0.3, 0.4) is 0 Å². The van der Waals surface area contributed by atoms with Gasteiger partial charge >= 0.3 is 0 Å². The summed E-state index contributed by atoms with van der Waals surface area (Å²) in [4.78, 5) is 10.5. The molecular weight excluding hydrogens is 336 g/mol. The van der Waals surface area contributed by atoms with Crippen molar-refractivity contribution in [1.82, 2.24) is 0 Å². The number of rotatable bonds is 5. The quantitative estimate of drug-likeness (QED) is 0.635. The Morgan fingerprint density at radius 1 is 1.29 bits per heavy atom. The molecule has 0 fully saturated rings. The lowest BCUT2D eigenvalue weighted by atomic mass is 10.1. The highest BCUT2D eigenvalue weighted by Crippen LogP contribution is 2.32. The highest BCUT2D eigenvalue weighted by Gasteiger charge is 2.14. The second kappa shape index (κ2) is 6.58. The van der Waals surface area contributed by atoms with Crippen molar-refractivity contribution in [3.63, 3.8) is 0 Å². The Kier molecular flexibility index (Phi) is 4.80. The predicted molar refractivity (Wildman–Crippen MR) is 85.8 cm³/mol. The van der Waals surface area contributed by atoms with Gasteiger partial charge in [0.2, 0.25) is 0 Å². The van der Waals surface area contributed by atoms with Crippen LogP contribution < -0.4 is 10.1 Å². The lowest BCUT2D eigenvalue weighted by Crippen LogP contribution is -2.08. The van der Waals surface area contributed by atoms with E-state index < -0.39 is 4.92 Å². The maximum atomic E-state index is 10.9. The second-order valence-corrected chi connectivity index (χ2v) is 5.38. The third-order valence-electron chi connectivity index (χ3n) is 3.14. The number of non-ortho nitro benzene ring substituents is 1. The number of hydrogen-bond donors (Lipinski definition) is 1. The number of nitro benzene ring substituents is 1.